The number of alkyl halides is 2. The van der Waals surface area contributed by atoms with E-state index in [1.54, 1.807) is 0 Å². The Kier molecular flexibility index (Phi) is 3.55. The molecule has 1 aliphatic rings. The van der Waals surface area contributed by atoms with Crippen LogP contribution in [0.3, 0.4) is 0 Å². The molecule has 0 aromatic carbocycles. The highest BCUT2D eigenvalue weighted by Gasteiger charge is 2.33. The molecular weight excluding hydrogens is 246 g/mol. The molecule has 7 heteroatoms. The van der Waals surface area contributed by atoms with Crippen LogP contribution in [0.2, 0.25) is 0 Å². The first-order valence-electron chi connectivity index (χ1n) is 6.14. The van der Waals surface area contributed by atoms with E-state index in [4.69, 9.17) is 33.2 Å². The van der Waals surface area contributed by atoms with Crippen LogP contribution in [0.25, 0.3) is 0 Å². The molecule has 1 aliphatic heterocycles. The molecule has 1 saturated heterocycles. The Hall–Kier alpha value is 0.690. The molecule has 0 bridgehead atoms. The average molecular weight is 265 g/mol. The second-order valence-electron chi connectivity index (χ2n) is 2.62. The first-order chi connectivity index (χ1) is 8.08. The molecule has 0 aliphatic carbocycles. The van der Waals surface area contributed by atoms with E-state index in [2.05, 4.69) is 5.09 Å². The van der Waals surface area contributed by atoms with Gasteiger partial charge in [0.15, 0.2) is 0 Å². The van der Waals surface area contributed by atoms with E-state index in [1.807, 2.05) is 0 Å². The van der Waals surface area contributed by atoms with Crippen LogP contribution in [0.1, 0.15) is 11.9 Å². The summed E-state index contributed by atoms with van der Waals surface area (Å²) in [6.45, 7) is -1.95. The fourth-order valence-corrected chi connectivity index (χ4v) is 3.23. The standard InChI is InChI=1S/C7H15Cl2N2O2P/c8-2-4-10-14(12)11(6-3-9)5-1-7-13-14/h1-7H2,(H,10,12)/i2D2,7D2. The summed E-state index contributed by atoms with van der Waals surface area (Å²) in [6.07, 6.45) is 0.0727. The Morgan fingerprint density at radius 1 is 1.71 bits per heavy atom. The first-order valence-corrected chi connectivity index (χ1v) is 6.63. The highest BCUT2D eigenvalue weighted by atomic mass is 35.5. The lowest BCUT2D eigenvalue weighted by Gasteiger charge is -2.34. The van der Waals surface area contributed by atoms with Crippen molar-refractivity contribution >= 4 is 30.9 Å². The molecule has 0 spiro atoms. The Morgan fingerprint density at radius 3 is 3.14 bits per heavy atom. The average Bonchev–Trinajstić information content (AvgIpc) is 2.18. The zero-order chi connectivity index (χ0) is 14.0. The third-order valence-corrected chi connectivity index (χ3v) is 4.10. The third kappa shape index (κ3) is 3.37. The van der Waals surface area contributed by atoms with Crippen molar-refractivity contribution in [2.45, 2.75) is 6.42 Å². The summed E-state index contributed by atoms with van der Waals surface area (Å²) in [6, 6.07) is 0. The normalized spacial score (nSPS) is 38.1. The van der Waals surface area contributed by atoms with E-state index in [0.29, 0.717) is 0 Å². The van der Waals surface area contributed by atoms with Crippen LogP contribution in [0, 0.1) is 0 Å². The molecule has 1 unspecified atom stereocenters. The van der Waals surface area contributed by atoms with Gasteiger partial charge in [0.25, 0.3) is 0 Å². The Morgan fingerprint density at radius 2 is 2.50 bits per heavy atom. The molecule has 14 heavy (non-hydrogen) atoms. The molecule has 1 rings (SSSR count). The van der Waals surface area contributed by atoms with Crippen LogP contribution in [-0.4, -0.2) is 42.6 Å². The van der Waals surface area contributed by atoms with Gasteiger partial charge in [-0.05, 0) is 6.42 Å². The van der Waals surface area contributed by atoms with Gasteiger partial charge < -0.3 is 4.52 Å². The van der Waals surface area contributed by atoms with Crippen molar-refractivity contribution in [1.82, 2.24) is 9.76 Å². The summed E-state index contributed by atoms with van der Waals surface area (Å²) in [7, 11) is -3.66. The van der Waals surface area contributed by atoms with Gasteiger partial charge in [-0.15, -0.1) is 23.2 Å². The minimum absolute atomic E-state index is 0.0727. The number of halogens is 2. The Balaban J connectivity index is 2.78. The van der Waals surface area contributed by atoms with E-state index >= 15 is 0 Å². The lowest BCUT2D eigenvalue weighted by molar-refractivity contribution is 0.203. The van der Waals surface area contributed by atoms with Crippen molar-refractivity contribution in [2.75, 3.05) is 37.9 Å². The predicted octanol–water partition coefficient (Wildman–Crippen LogP) is 1.88. The number of hydrogen-bond acceptors (Lipinski definition) is 2. The van der Waals surface area contributed by atoms with Crippen LogP contribution in [-0.2, 0) is 9.09 Å². The van der Waals surface area contributed by atoms with Crippen molar-refractivity contribution < 1.29 is 14.6 Å². The molecule has 84 valence electrons. The zero-order valence-electron chi connectivity index (χ0n) is 11.5. The topological polar surface area (TPSA) is 41.6 Å². The molecule has 1 N–H and O–H groups in total. The summed E-state index contributed by atoms with van der Waals surface area (Å²) in [4.78, 5) is 0. The Bertz CT molecular complexity index is 342. The maximum atomic E-state index is 12.5. The van der Waals surface area contributed by atoms with Crippen LogP contribution in [0.4, 0.5) is 0 Å². The van der Waals surface area contributed by atoms with Crippen molar-refractivity contribution in [3.8, 4) is 0 Å². The lowest BCUT2D eigenvalue weighted by Crippen LogP contribution is -2.36. The van der Waals surface area contributed by atoms with Gasteiger partial charge in [0.2, 0.25) is 0 Å². The van der Waals surface area contributed by atoms with Gasteiger partial charge >= 0.3 is 7.67 Å². The largest absolute Gasteiger partial charge is 0.343 e. The molecule has 0 saturated carbocycles. The minimum Gasteiger partial charge on any atom is -0.306 e. The molecule has 0 radical (unpaired) electrons. The lowest BCUT2D eigenvalue weighted by atomic mass is 10.4. The smallest absolute Gasteiger partial charge is 0.306 e. The van der Waals surface area contributed by atoms with E-state index < -0.39 is 26.6 Å². The fraction of sp³-hybridized carbons (Fsp3) is 1.00. The number of nitrogens with zero attached hydrogens (tertiary/aromatic N) is 1. The molecule has 4 nitrogen and oxygen atoms in total. The minimum atomic E-state index is -3.66. The number of hydrogen-bond donors (Lipinski definition) is 1. The van der Waals surface area contributed by atoms with Gasteiger partial charge in [-0.2, -0.15) is 0 Å². The molecule has 1 fully saturated rings. The van der Waals surface area contributed by atoms with Gasteiger partial charge in [-0.3, -0.25) is 4.57 Å². The summed E-state index contributed by atoms with van der Waals surface area (Å²) >= 11 is 10.9. The van der Waals surface area contributed by atoms with Gasteiger partial charge in [0.1, 0.15) is 0 Å². The Labute approximate surface area is 100 Å². The summed E-state index contributed by atoms with van der Waals surface area (Å²) in [5.41, 5.74) is 0. The van der Waals surface area contributed by atoms with Crippen molar-refractivity contribution in [2.24, 2.45) is 0 Å². The number of nitrogens with one attached hydrogen (secondary N) is 1. The highest BCUT2D eigenvalue weighted by Crippen LogP contribution is 2.48. The van der Waals surface area contributed by atoms with E-state index in [-0.39, 0.29) is 25.4 Å². The van der Waals surface area contributed by atoms with E-state index in [1.165, 1.54) is 4.67 Å². The van der Waals surface area contributed by atoms with Crippen molar-refractivity contribution in [1.29, 1.82) is 0 Å². The summed E-state index contributed by atoms with van der Waals surface area (Å²) in [5.74, 6) is -1.87. The molecular formula is C7H15Cl2N2O2P. The maximum Gasteiger partial charge on any atom is 0.343 e. The van der Waals surface area contributed by atoms with Crippen molar-refractivity contribution in [3.05, 3.63) is 0 Å². The summed E-state index contributed by atoms with van der Waals surface area (Å²) in [5, 5.41) is 2.38. The summed E-state index contributed by atoms with van der Waals surface area (Å²) < 4.78 is 48.1. The first kappa shape index (κ1) is 7.88. The fourth-order valence-electron chi connectivity index (χ4n) is 1.10. The van der Waals surface area contributed by atoms with Crippen LogP contribution < -0.4 is 5.09 Å². The van der Waals surface area contributed by atoms with Gasteiger partial charge in [0.05, 0.1) is 9.30 Å². The monoisotopic (exact) mass is 264 g/mol. The van der Waals surface area contributed by atoms with Gasteiger partial charge in [-0.1, -0.05) is 0 Å². The van der Waals surface area contributed by atoms with Crippen molar-refractivity contribution in [3.63, 3.8) is 0 Å². The number of rotatable bonds is 5. The van der Waals surface area contributed by atoms with Crippen LogP contribution in [0.15, 0.2) is 0 Å². The quantitative estimate of drug-likeness (QED) is 0.608. The molecule has 0 amide bonds. The molecule has 0 aromatic rings. The highest BCUT2D eigenvalue weighted by molar-refractivity contribution is 7.54. The predicted molar refractivity (Wildman–Crippen MR) is 59.2 cm³/mol. The molecule has 0 aromatic heterocycles. The second kappa shape index (κ2) is 6.31. The van der Waals surface area contributed by atoms with Gasteiger partial charge in [-0.25, -0.2) is 9.76 Å². The SMILES string of the molecule is [2H]C([2H])(Cl)CNP1(=O)OC([2H])([2H])CCN1CCCl. The zero-order valence-corrected chi connectivity index (χ0v) is 9.91. The second-order valence-corrected chi connectivity index (χ2v) is 5.37. The van der Waals surface area contributed by atoms with Gasteiger partial charge in [0, 0.05) is 34.1 Å². The third-order valence-electron chi connectivity index (χ3n) is 1.72. The molecule has 1 atom stereocenters. The molecule has 1 heterocycles. The maximum absolute atomic E-state index is 12.5. The van der Waals surface area contributed by atoms with E-state index in [9.17, 15) is 4.57 Å². The van der Waals surface area contributed by atoms with Crippen LogP contribution >= 0.6 is 30.9 Å². The van der Waals surface area contributed by atoms with E-state index in [0.717, 1.165) is 0 Å². The van der Waals surface area contributed by atoms with Crippen LogP contribution in [0.5, 0.6) is 0 Å².